The van der Waals surface area contributed by atoms with E-state index in [-0.39, 0.29) is 11.7 Å². The van der Waals surface area contributed by atoms with Crippen molar-refractivity contribution in [2.24, 2.45) is 7.05 Å². The van der Waals surface area contributed by atoms with Crippen LogP contribution >= 0.6 is 0 Å². The van der Waals surface area contributed by atoms with Gasteiger partial charge >= 0.3 is 0 Å². The molecule has 4 heterocycles. The molecule has 1 aromatic carbocycles. The van der Waals surface area contributed by atoms with Crippen LogP contribution in [0.5, 0.6) is 0 Å². The highest BCUT2D eigenvalue weighted by Gasteiger charge is 2.25. The number of aromatic nitrogens is 6. The monoisotopic (exact) mass is 432 g/mol. The lowest BCUT2D eigenvalue weighted by molar-refractivity contribution is 0.0735. The Balaban J connectivity index is 1.27. The number of aryl methyl sites for hydroxylation is 1. The highest BCUT2D eigenvalue weighted by molar-refractivity contribution is 5.94. The molecule has 0 spiro atoms. The first kappa shape index (κ1) is 19.9. The van der Waals surface area contributed by atoms with E-state index in [4.69, 9.17) is 0 Å². The van der Waals surface area contributed by atoms with E-state index in [1.54, 1.807) is 40.8 Å². The average molecular weight is 432 g/mol. The normalized spacial score (nSPS) is 14.1. The molecule has 10 heteroatoms. The minimum Gasteiger partial charge on any atom is -0.353 e. The van der Waals surface area contributed by atoms with E-state index in [1.165, 1.54) is 18.5 Å². The number of carbonyl (C=O) groups excluding carboxylic acids is 1. The lowest BCUT2D eigenvalue weighted by Crippen LogP contribution is -2.49. The Kier molecular flexibility index (Phi) is 5.10. The summed E-state index contributed by atoms with van der Waals surface area (Å²) in [6, 6.07) is 11.6. The minimum atomic E-state index is -0.306. The molecular formula is C22H21FN8O. The molecule has 1 aliphatic heterocycles. The van der Waals surface area contributed by atoms with E-state index in [9.17, 15) is 9.18 Å². The molecule has 5 rings (SSSR count). The zero-order valence-electron chi connectivity index (χ0n) is 17.5. The van der Waals surface area contributed by atoms with E-state index >= 15 is 0 Å². The molecule has 0 N–H and O–H groups in total. The fourth-order valence-electron chi connectivity index (χ4n) is 3.77. The highest BCUT2D eigenvalue weighted by atomic mass is 19.1. The average Bonchev–Trinajstić information content (AvgIpc) is 3.50. The van der Waals surface area contributed by atoms with E-state index in [2.05, 4.69) is 25.1 Å². The molecule has 0 unspecified atom stereocenters. The van der Waals surface area contributed by atoms with Crippen LogP contribution in [0.25, 0.3) is 17.1 Å². The number of nitrogens with zero attached hydrogens (tertiary/aromatic N) is 8. The fraction of sp³-hybridized carbons (Fsp3) is 0.227. The fourth-order valence-corrected chi connectivity index (χ4v) is 3.77. The quantitative estimate of drug-likeness (QED) is 0.491. The predicted molar refractivity (Wildman–Crippen MR) is 116 cm³/mol. The van der Waals surface area contributed by atoms with Crippen molar-refractivity contribution in [3.8, 4) is 17.1 Å². The van der Waals surface area contributed by atoms with Gasteiger partial charge in [0.1, 0.15) is 23.7 Å². The summed E-state index contributed by atoms with van der Waals surface area (Å²) in [5.41, 5.74) is 1.91. The van der Waals surface area contributed by atoms with Crippen LogP contribution in [0, 0.1) is 5.82 Å². The van der Waals surface area contributed by atoms with Crippen LogP contribution in [0.4, 0.5) is 10.2 Å². The van der Waals surface area contributed by atoms with Gasteiger partial charge in [0.25, 0.3) is 5.91 Å². The maximum absolute atomic E-state index is 13.2. The number of piperazine rings is 1. The summed E-state index contributed by atoms with van der Waals surface area (Å²) in [6.07, 6.45) is 5.05. The summed E-state index contributed by atoms with van der Waals surface area (Å²) in [7, 11) is 1.74. The van der Waals surface area contributed by atoms with Crippen molar-refractivity contribution in [3.05, 3.63) is 72.7 Å². The van der Waals surface area contributed by atoms with Crippen LogP contribution in [-0.4, -0.2) is 66.5 Å². The number of benzene rings is 1. The van der Waals surface area contributed by atoms with Gasteiger partial charge in [-0.1, -0.05) is 0 Å². The number of carbonyl (C=O) groups is 1. The number of rotatable bonds is 4. The number of hydrogen-bond acceptors (Lipinski definition) is 6. The topological polar surface area (TPSA) is 85.0 Å². The zero-order chi connectivity index (χ0) is 22.1. The summed E-state index contributed by atoms with van der Waals surface area (Å²) in [6.45, 7) is 2.45. The summed E-state index contributed by atoms with van der Waals surface area (Å²) < 4.78 is 16.5. The Labute approximate surface area is 183 Å². The van der Waals surface area contributed by atoms with Crippen molar-refractivity contribution in [1.82, 2.24) is 34.4 Å². The molecule has 162 valence electrons. The number of hydrogen-bond donors (Lipinski definition) is 0. The van der Waals surface area contributed by atoms with Crippen molar-refractivity contribution < 1.29 is 9.18 Å². The third kappa shape index (κ3) is 3.82. The van der Waals surface area contributed by atoms with Gasteiger partial charge in [-0.3, -0.25) is 9.48 Å². The van der Waals surface area contributed by atoms with E-state index in [0.29, 0.717) is 43.4 Å². The van der Waals surface area contributed by atoms with Crippen molar-refractivity contribution in [3.63, 3.8) is 0 Å². The highest BCUT2D eigenvalue weighted by Crippen LogP contribution is 2.21. The van der Waals surface area contributed by atoms with Gasteiger partial charge in [-0.25, -0.2) is 19.0 Å². The van der Waals surface area contributed by atoms with Crippen LogP contribution in [0.15, 0.2) is 61.2 Å². The molecule has 1 fully saturated rings. The summed E-state index contributed by atoms with van der Waals surface area (Å²) in [5, 5.41) is 8.64. The van der Waals surface area contributed by atoms with E-state index in [1.807, 2.05) is 23.2 Å². The van der Waals surface area contributed by atoms with Crippen molar-refractivity contribution in [2.75, 3.05) is 31.1 Å². The molecule has 3 aromatic heterocycles. The van der Waals surface area contributed by atoms with Crippen molar-refractivity contribution in [2.45, 2.75) is 0 Å². The Morgan fingerprint density at radius 1 is 1.00 bits per heavy atom. The molecule has 1 aliphatic rings. The van der Waals surface area contributed by atoms with E-state index in [0.717, 1.165) is 11.4 Å². The molecule has 1 amide bonds. The molecule has 0 bridgehead atoms. The second-order valence-electron chi connectivity index (χ2n) is 7.51. The van der Waals surface area contributed by atoms with Gasteiger partial charge in [0.2, 0.25) is 0 Å². The van der Waals surface area contributed by atoms with Crippen molar-refractivity contribution in [1.29, 1.82) is 0 Å². The summed E-state index contributed by atoms with van der Waals surface area (Å²) in [4.78, 5) is 25.7. The maximum atomic E-state index is 13.2. The molecule has 0 aliphatic carbocycles. The zero-order valence-corrected chi connectivity index (χ0v) is 17.5. The van der Waals surface area contributed by atoms with Gasteiger partial charge in [0, 0.05) is 57.3 Å². The van der Waals surface area contributed by atoms with Crippen molar-refractivity contribution >= 4 is 11.7 Å². The Bertz CT molecular complexity index is 1230. The van der Waals surface area contributed by atoms with Gasteiger partial charge in [-0.15, -0.1) is 0 Å². The van der Waals surface area contributed by atoms with Gasteiger partial charge in [-0.05, 0) is 36.4 Å². The first-order chi connectivity index (χ1) is 15.6. The van der Waals surface area contributed by atoms with Crippen LogP contribution in [-0.2, 0) is 7.05 Å². The summed E-state index contributed by atoms with van der Waals surface area (Å²) >= 11 is 0. The lowest BCUT2D eigenvalue weighted by Gasteiger charge is -2.35. The van der Waals surface area contributed by atoms with Crippen LogP contribution in [0.1, 0.15) is 10.5 Å². The van der Waals surface area contributed by atoms with E-state index < -0.39 is 0 Å². The number of halogens is 1. The van der Waals surface area contributed by atoms with Gasteiger partial charge in [-0.2, -0.15) is 10.2 Å². The third-order valence-corrected chi connectivity index (χ3v) is 5.51. The SMILES string of the molecule is Cn1nc(-c2ccc(F)cc2)cc1C(=O)N1CCN(c2cc(-n3cccn3)ncn2)CC1. The minimum absolute atomic E-state index is 0.0760. The first-order valence-corrected chi connectivity index (χ1v) is 10.2. The Morgan fingerprint density at radius 3 is 2.47 bits per heavy atom. The smallest absolute Gasteiger partial charge is 0.272 e. The molecule has 0 atom stereocenters. The van der Waals surface area contributed by atoms with Crippen LogP contribution in [0.3, 0.4) is 0 Å². The van der Waals surface area contributed by atoms with Crippen LogP contribution in [0.2, 0.25) is 0 Å². The Morgan fingerprint density at radius 2 is 1.75 bits per heavy atom. The van der Waals surface area contributed by atoms with Gasteiger partial charge in [0.05, 0.1) is 5.69 Å². The standard InChI is InChI=1S/C22H21FN8O/c1-28-19(13-18(27-28)16-3-5-17(23)6-4-16)22(32)30-11-9-29(10-12-30)20-14-21(25-15-24-20)31-8-2-7-26-31/h2-8,13-15H,9-12H2,1H3. The van der Waals surface area contributed by atoms with Crippen LogP contribution < -0.4 is 4.90 Å². The predicted octanol–water partition coefficient (Wildman–Crippen LogP) is 2.16. The second kappa shape index (κ2) is 8.22. The molecule has 9 nitrogen and oxygen atoms in total. The largest absolute Gasteiger partial charge is 0.353 e. The molecule has 0 radical (unpaired) electrons. The number of amides is 1. The van der Waals surface area contributed by atoms with Gasteiger partial charge in [0.15, 0.2) is 5.82 Å². The third-order valence-electron chi connectivity index (χ3n) is 5.51. The maximum Gasteiger partial charge on any atom is 0.272 e. The molecule has 4 aromatic rings. The lowest BCUT2D eigenvalue weighted by atomic mass is 10.1. The molecular weight excluding hydrogens is 411 g/mol. The van der Waals surface area contributed by atoms with Gasteiger partial charge < -0.3 is 9.80 Å². The molecule has 0 saturated carbocycles. The number of anilines is 1. The Hall–Kier alpha value is -4.08. The summed E-state index contributed by atoms with van der Waals surface area (Å²) in [5.74, 6) is 1.12. The molecule has 32 heavy (non-hydrogen) atoms. The molecule has 1 saturated heterocycles. The first-order valence-electron chi connectivity index (χ1n) is 10.2. The second-order valence-corrected chi connectivity index (χ2v) is 7.51.